The predicted molar refractivity (Wildman–Crippen MR) is 89.5 cm³/mol. The number of nitrogens with one attached hydrogen (secondary N) is 1. The summed E-state index contributed by atoms with van der Waals surface area (Å²) in [5.74, 6) is -0.120. The molecular weight excluding hydrogens is 272 g/mol. The molecular formula is C19H18N2O. The SMILES string of the molecule is Cc1cccc(-c2c(C)ccn2NC(=O)c2ccccc2)c1. The molecule has 110 valence electrons. The standard InChI is InChI=1S/C19H18N2O/c1-14-7-6-10-17(13-14)18-15(2)11-12-21(18)20-19(22)16-8-4-3-5-9-16/h3-13H,1-2H3,(H,20,22). The van der Waals surface area contributed by atoms with Crippen LogP contribution in [0.2, 0.25) is 0 Å². The van der Waals surface area contributed by atoms with Crippen LogP contribution in [0.3, 0.4) is 0 Å². The van der Waals surface area contributed by atoms with Gasteiger partial charge < -0.3 is 0 Å². The second-order valence-corrected chi connectivity index (χ2v) is 5.39. The molecule has 0 aliphatic carbocycles. The quantitative estimate of drug-likeness (QED) is 0.772. The highest BCUT2D eigenvalue weighted by Crippen LogP contribution is 2.24. The van der Waals surface area contributed by atoms with E-state index in [2.05, 4.69) is 30.5 Å². The van der Waals surface area contributed by atoms with Gasteiger partial charge in [0.2, 0.25) is 0 Å². The Morgan fingerprint density at radius 3 is 2.45 bits per heavy atom. The number of amides is 1. The van der Waals surface area contributed by atoms with Crippen molar-refractivity contribution in [1.82, 2.24) is 4.68 Å². The number of carbonyl (C=O) groups is 1. The molecule has 1 heterocycles. The summed E-state index contributed by atoms with van der Waals surface area (Å²) >= 11 is 0. The van der Waals surface area contributed by atoms with Crippen LogP contribution in [0.4, 0.5) is 0 Å². The number of benzene rings is 2. The van der Waals surface area contributed by atoms with E-state index in [0.29, 0.717) is 5.56 Å². The molecule has 0 atom stereocenters. The Kier molecular flexibility index (Phi) is 3.79. The largest absolute Gasteiger partial charge is 0.270 e. The minimum Gasteiger partial charge on any atom is -0.267 e. The molecule has 0 saturated carbocycles. The maximum atomic E-state index is 12.3. The molecule has 3 rings (SSSR count). The number of aromatic nitrogens is 1. The normalized spacial score (nSPS) is 10.5. The van der Waals surface area contributed by atoms with Gasteiger partial charge in [-0.1, -0.05) is 42.0 Å². The van der Waals surface area contributed by atoms with Crippen LogP contribution < -0.4 is 5.43 Å². The maximum absolute atomic E-state index is 12.3. The van der Waals surface area contributed by atoms with Crippen molar-refractivity contribution in [3.63, 3.8) is 0 Å². The van der Waals surface area contributed by atoms with Crippen molar-refractivity contribution < 1.29 is 4.79 Å². The number of hydrogen-bond donors (Lipinski definition) is 1. The molecule has 3 nitrogen and oxygen atoms in total. The molecule has 0 radical (unpaired) electrons. The Hall–Kier alpha value is -2.81. The molecule has 1 amide bonds. The van der Waals surface area contributed by atoms with Gasteiger partial charge in [0.05, 0.1) is 5.69 Å². The van der Waals surface area contributed by atoms with Gasteiger partial charge in [0.15, 0.2) is 0 Å². The van der Waals surface area contributed by atoms with Crippen LogP contribution in [-0.2, 0) is 0 Å². The lowest BCUT2D eigenvalue weighted by molar-refractivity contribution is 0.101. The average Bonchev–Trinajstić information content (AvgIpc) is 2.89. The molecule has 0 fully saturated rings. The van der Waals surface area contributed by atoms with Gasteiger partial charge in [0, 0.05) is 17.3 Å². The highest BCUT2D eigenvalue weighted by atomic mass is 16.2. The third-order valence-corrected chi connectivity index (χ3v) is 3.64. The summed E-state index contributed by atoms with van der Waals surface area (Å²) in [6.07, 6.45) is 1.88. The zero-order valence-electron chi connectivity index (χ0n) is 12.7. The van der Waals surface area contributed by atoms with E-state index in [1.165, 1.54) is 5.56 Å². The highest BCUT2D eigenvalue weighted by molar-refractivity contribution is 6.00. The molecule has 0 bridgehead atoms. The third kappa shape index (κ3) is 2.79. The van der Waals surface area contributed by atoms with Crippen LogP contribution in [-0.4, -0.2) is 10.6 Å². The Labute approximate surface area is 130 Å². The van der Waals surface area contributed by atoms with E-state index in [-0.39, 0.29) is 5.91 Å². The van der Waals surface area contributed by atoms with Crippen molar-refractivity contribution in [2.75, 3.05) is 5.43 Å². The summed E-state index contributed by atoms with van der Waals surface area (Å²) in [7, 11) is 0. The summed E-state index contributed by atoms with van der Waals surface area (Å²) in [5.41, 5.74) is 8.00. The number of aryl methyl sites for hydroxylation is 2. The van der Waals surface area contributed by atoms with Crippen molar-refractivity contribution in [2.45, 2.75) is 13.8 Å². The fourth-order valence-electron chi connectivity index (χ4n) is 2.55. The predicted octanol–water partition coefficient (Wildman–Crippen LogP) is 4.16. The van der Waals surface area contributed by atoms with Crippen LogP contribution in [0.1, 0.15) is 21.5 Å². The monoisotopic (exact) mass is 290 g/mol. The van der Waals surface area contributed by atoms with Gasteiger partial charge >= 0.3 is 0 Å². The van der Waals surface area contributed by atoms with E-state index in [4.69, 9.17) is 0 Å². The lowest BCUT2D eigenvalue weighted by Gasteiger charge is -2.13. The summed E-state index contributed by atoms with van der Waals surface area (Å²) in [5, 5.41) is 0. The van der Waals surface area contributed by atoms with Crippen LogP contribution in [0.25, 0.3) is 11.3 Å². The summed E-state index contributed by atoms with van der Waals surface area (Å²) in [6.45, 7) is 4.11. The molecule has 2 aromatic carbocycles. The van der Waals surface area contributed by atoms with E-state index in [1.807, 2.05) is 43.5 Å². The van der Waals surface area contributed by atoms with Crippen LogP contribution >= 0.6 is 0 Å². The van der Waals surface area contributed by atoms with Crippen molar-refractivity contribution >= 4 is 5.91 Å². The van der Waals surface area contributed by atoms with E-state index < -0.39 is 0 Å². The first kappa shape index (κ1) is 14.1. The summed E-state index contributed by atoms with van der Waals surface area (Å²) in [4.78, 5) is 12.3. The highest BCUT2D eigenvalue weighted by Gasteiger charge is 2.12. The summed E-state index contributed by atoms with van der Waals surface area (Å²) in [6, 6.07) is 19.5. The Morgan fingerprint density at radius 2 is 1.73 bits per heavy atom. The van der Waals surface area contributed by atoms with Gasteiger partial charge in [0.1, 0.15) is 0 Å². The number of hydrogen-bond acceptors (Lipinski definition) is 1. The van der Waals surface area contributed by atoms with Crippen LogP contribution in [0.15, 0.2) is 66.9 Å². The first-order valence-electron chi connectivity index (χ1n) is 7.26. The molecule has 1 N–H and O–H groups in total. The lowest BCUT2D eigenvalue weighted by atomic mass is 10.1. The minimum absolute atomic E-state index is 0.120. The van der Waals surface area contributed by atoms with E-state index >= 15 is 0 Å². The van der Waals surface area contributed by atoms with Gasteiger partial charge in [-0.3, -0.25) is 14.9 Å². The van der Waals surface area contributed by atoms with Gasteiger partial charge in [-0.25, -0.2) is 0 Å². The van der Waals surface area contributed by atoms with E-state index in [9.17, 15) is 4.79 Å². The molecule has 0 spiro atoms. The van der Waals surface area contributed by atoms with E-state index in [1.54, 1.807) is 16.8 Å². The fourth-order valence-corrected chi connectivity index (χ4v) is 2.55. The zero-order valence-corrected chi connectivity index (χ0v) is 12.7. The second kappa shape index (κ2) is 5.90. The van der Waals surface area contributed by atoms with Crippen LogP contribution in [0, 0.1) is 13.8 Å². The number of rotatable bonds is 3. The fraction of sp³-hybridized carbons (Fsp3) is 0.105. The maximum Gasteiger partial charge on any atom is 0.270 e. The summed E-state index contributed by atoms with van der Waals surface area (Å²) < 4.78 is 1.79. The van der Waals surface area contributed by atoms with E-state index in [0.717, 1.165) is 16.8 Å². The molecule has 0 aliphatic rings. The number of carbonyl (C=O) groups excluding carboxylic acids is 1. The zero-order chi connectivity index (χ0) is 15.5. The molecule has 3 heteroatoms. The van der Waals surface area contributed by atoms with Gasteiger partial charge in [-0.05, 0) is 43.7 Å². The molecule has 0 unspecified atom stereocenters. The molecule has 0 saturated heterocycles. The smallest absolute Gasteiger partial charge is 0.267 e. The first-order valence-corrected chi connectivity index (χ1v) is 7.26. The second-order valence-electron chi connectivity index (χ2n) is 5.39. The number of nitrogens with zero attached hydrogens (tertiary/aromatic N) is 1. The van der Waals surface area contributed by atoms with Crippen molar-refractivity contribution in [3.05, 3.63) is 83.6 Å². The Balaban J connectivity index is 1.95. The molecule has 0 aliphatic heterocycles. The van der Waals surface area contributed by atoms with Crippen molar-refractivity contribution in [3.8, 4) is 11.3 Å². The van der Waals surface area contributed by atoms with Gasteiger partial charge in [0.25, 0.3) is 5.91 Å². The molecule has 22 heavy (non-hydrogen) atoms. The topological polar surface area (TPSA) is 34.0 Å². The first-order chi connectivity index (χ1) is 10.6. The van der Waals surface area contributed by atoms with Gasteiger partial charge in [-0.15, -0.1) is 0 Å². The molecule has 1 aromatic heterocycles. The lowest BCUT2D eigenvalue weighted by Crippen LogP contribution is -2.22. The van der Waals surface area contributed by atoms with Gasteiger partial charge in [-0.2, -0.15) is 0 Å². The average molecular weight is 290 g/mol. The van der Waals surface area contributed by atoms with Crippen molar-refractivity contribution in [1.29, 1.82) is 0 Å². The Bertz CT molecular complexity index is 803. The third-order valence-electron chi connectivity index (χ3n) is 3.64. The van der Waals surface area contributed by atoms with Crippen molar-refractivity contribution in [2.24, 2.45) is 0 Å². The molecule has 3 aromatic rings. The Morgan fingerprint density at radius 1 is 0.955 bits per heavy atom. The van der Waals surface area contributed by atoms with Crippen LogP contribution in [0.5, 0.6) is 0 Å². The minimum atomic E-state index is -0.120.